The fourth-order valence-corrected chi connectivity index (χ4v) is 3.56. The summed E-state index contributed by atoms with van der Waals surface area (Å²) in [5, 5.41) is 4.37. The Bertz CT molecular complexity index is 403. The third-order valence-electron chi connectivity index (χ3n) is 3.58. The predicted octanol–water partition coefficient (Wildman–Crippen LogP) is 2.69. The lowest BCUT2D eigenvalue weighted by Gasteiger charge is -2.13. The van der Waals surface area contributed by atoms with Crippen LogP contribution in [0.15, 0.2) is 10.7 Å². The second-order valence-corrected chi connectivity index (χ2v) is 5.55. The van der Waals surface area contributed by atoms with Crippen LogP contribution in [0, 0.1) is 5.92 Å². The van der Waals surface area contributed by atoms with Gasteiger partial charge in [-0.05, 0) is 41.6 Å². The van der Waals surface area contributed by atoms with Gasteiger partial charge in [0.1, 0.15) is 5.60 Å². The molecule has 1 aromatic heterocycles. The van der Waals surface area contributed by atoms with Crippen LogP contribution in [0.25, 0.3) is 0 Å². The summed E-state index contributed by atoms with van der Waals surface area (Å²) in [6, 6.07) is 0. The predicted molar refractivity (Wildman–Crippen MR) is 60.6 cm³/mol. The number of nitrogens with zero attached hydrogens (tertiary/aromatic N) is 2. The third-order valence-corrected chi connectivity index (χ3v) is 4.16. The topological polar surface area (TPSA) is 30.4 Å². The Hall–Kier alpha value is -0.350. The van der Waals surface area contributed by atoms with E-state index in [1.165, 1.54) is 12.1 Å². The van der Waals surface area contributed by atoms with E-state index < -0.39 is 0 Å². The molecule has 0 N–H and O–H groups in total. The normalized spacial score (nSPS) is 38.1. The minimum Gasteiger partial charge on any atom is -0.359 e. The molecule has 3 atom stereocenters. The number of fused-ring (bicyclic) bond motifs is 1. The molecule has 3 nitrogen and oxygen atoms in total. The second-order valence-electron chi connectivity index (χ2n) is 4.70. The van der Waals surface area contributed by atoms with Crippen molar-refractivity contribution in [2.24, 2.45) is 5.92 Å². The number of hydrogen-bond donors (Lipinski definition) is 0. The van der Waals surface area contributed by atoms with Crippen LogP contribution in [0.1, 0.15) is 32.4 Å². The molecule has 0 aromatic carbocycles. The zero-order valence-electron chi connectivity index (χ0n) is 9.03. The molecule has 1 aliphatic carbocycles. The van der Waals surface area contributed by atoms with Crippen molar-refractivity contribution in [2.45, 2.75) is 44.9 Å². The smallest absolute Gasteiger partial charge is 0.138 e. The van der Waals surface area contributed by atoms with Gasteiger partial charge in [-0.3, -0.25) is 4.68 Å². The van der Waals surface area contributed by atoms with Crippen LogP contribution >= 0.6 is 15.9 Å². The zero-order chi connectivity index (χ0) is 10.6. The standard InChI is InChI=1S/C11H15BrN2O/c1-3-14-10(8(12)6-13-14)11-5-7(2)4-9(11)15-11/h6-7,9H,3-5H2,1-2H3. The van der Waals surface area contributed by atoms with E-state index >= 15 is 0 Å². The largest absolute Gasteiger partial charge is 0.359 e. The van der Waals surface area contributed by atoms with Gasteiger partial charge in [-0.25, -0.2) is 0 Å². The lowest BCUT2D eigenvalue weighted by atomic mass is 10.0. The molecule has 15 heavy (non-hydrogen) atoms. The van der Waals surface area contributed by atoms with E-state index in [4.69, 9.17) is 4.74 Å². The lowest BCUT2D eigenvalue weighted by Crippen LogP contribution is -2.16. The Labute approximate surface area is 97.9 Å². The van der Waals surface area contributed by atoms with Crippen molar-refractivity contribution in [3.05, 3.63) is 16.4 Å². The SMILES string of the molecule is CCn1ncc(Br)c1C12CC(C)CC1O2. The summed E-state index contributed by atoms with van der Waals surface area (Å²) < 4.78 is 9.04. The molecule has 0 spiro atoms. The lowest BCUT2D eigenvalue weighted by molar-refractivity contribution is 0.212. The first-order chi connectivity index (χ1) is 7.17. The summed E-state index contributed by atoms with van der Waals surface area (Å²) >= 11 is 3.59. The van der Waals surface area contributed by atoms with Crippen molar-refractivity contribution >= 4 is 15.9 Å². The van der Waals surface area contributed by atoms with Crippen molar-refractivity contribution in [1.29, 1.82) is 0 Å². The van der Waals surface area contributed by atoms with Crippen molar-refractivity contribution < 1.29 is 4.74 Å². The molecule has 1 aliphatic heterocycles. The molecule has 4 heteroatoms. The molecule has 2 fully saturated rings. The molecule has 2 heterocycles. The van der Waals surface area contributed by atoms with Crippen molar-refractivity contribution in [1.82, 2.24) is 9.78 Å². The van der Waals surface area contributed by atoms with E-state index in [2.05, 4.69) is 39.6 Å². The Morgan fingerprint density at radius 2 is 2.53 bits per heavy atom. The monoisotopic (exact) mass is 270 g/mol. The minimum absolute atomic E-state index is 0.00917. The van der Waals surface area contributed by atoms with Crippen LogP contribution in [0.3, 0.4) is 0 Å². The van der Waals surface area contributed by atoms with Gasteiger partial charge in [-0.2, -0.15) is 5.10 Å². The molecule has 1 saturated heterocycles. The van der Waals surface area contributed by atoms with Gasteiger partial charge < -0.3 is 4.74 Å². The number of epoxide rings is 1. The molecule has 1 saturated carbocycles. The highest BCUT2D eigenvalue weighted by molar-refractivity contribution is 9.10. The quantitative estimate of drug-likeness (QED) is 0.774. The van der Waals surface area contributed by atoms with Crippen LogP contribution in [0.4, 0.5) is 0 Å². The number of halogens is 1. The van der Waals surface area contributed by atoms with Crippen LogP contribution in [0.2, 0.25) is 0 Å². The van der Waals surface area contributed by atoms with Crippen LogP contribution in [0.5, 0.6) is 0 Å². The maximum absolute atomic E-state index is 5.89. The molecular weight excluding hydrogens is 256 g/mol. The molecule has 2 aliphatic rings. The van der Waals surface area contributed by atoms with Crippen molar-refractivity contribution in [3.8, 4) is 0 Å². The van der Waals surface area contributed by atoms with Crippen LogP contribution < -0.4 is 0 Å². The fourth-order valence-electron chi connectivity index (χ4n) is 2.93. The molecule has 3 rings (SSSR count). The molecule has 0 bridgehead atoms. The maximum atomic E-state index is 5.89. The number of ether oxygens (including phenoxy) is 1. The van der Waals surface area contributed by atoms with E-state index in [9.17, 15) is 0 Å². The van der Waals surface area contributed by atoms with E-state index in [-0.39, 0.29) is 5.60 Å². The molecule has 3 unspecified atom stereocenters. The van der Waals surface area contributed by atoms with Gasteiger partial charge in [0, 0.05) is 6.54 Å². The average molecular weight is 271 g/mol. The highest BCUT2D eigenvalue weighted by Crippen LogP contribution is 2.60. The Balaban J connectivity index is 2.03. The van der Waals surface area contributed by atoms with Gasteiger partial charge in [0.15, 0.2) is 0 Å². The minimum atomic E-state index is -0.00917. The average Bonchev–Trinajstić information content (AvgIpc) is 2.57. The molecule has 0 amide bonds. The molecule has 0 radical (unpaired) electrons. The van der Waals surface area contributed by atoms with Gasteiger partial charge in [0.25, 0.3) is 0 Å². The summed E-state index contributed by atoms with van der Waals surface area (Å²) in [5.74, 6) is 0.774. The first-order valence-electron chi connectivity index (χ1n) is 5.57. The van der Waals surface area contributed by atoms with Gasteiger partial charge >= 0.3 is 0 Å². The summed E-state index contributed by atoms with van der Waals surface area (Å²) in [7, 11) is 0. The maximum Gasteiger partial charge on any atom is 0.138 e. The number of aryl methyl sites for hydroxylation is 1. The van der Waals surface area contributed by atoms with Crippen molar-refractivity contribution in [2.75, 3.05) is 0 Å². The summed E-state index contributed by atoms with van der Waals surface area (Å²) in [4.78, 5) is 0. The summed E-state index contributed by atoms with van der Waals surface area (Å²) in [5.41, 5.74) is 1.24. The summed E-state index contributed by atoms with van der Waals surface area (Å²) in [6.07, 6.45) is 4.66. The number of aromatic nitrogens is 2. The van der Waals surface area contributed by atoms with Gasteiger partial charge in [-0.15, -0.1) is 0 Å². The second kappa shape index (κ2) is 3.08. The Morgan fingerprint density at radius 3 is 3.13 bits per heavy atom. The van der Waals surface area contributed by atoms with E-state index in [0.29, 0.717) is 6.10 Å². The van der Waals surface area contributed by atoms with Crippen molar-refractivity contribution in [3.63, 3.8) is 0 Å². The van der Waals surface area contributed by atoms with E-state index in [1.54, 1.807) is 0 Å². The van der Waals surface area contributed by atoms with Crippen LogP contribution in [-0.2, 0) is 16.9 Å². The first kappa shape index (κ1) is 9.85. The van der Waals surface area contributed by atoms with E-state index in [0.717, 1.165) is 23.4 Å². The van der Waals surface area contributed by atoms with E-state index in [1.807, 2.05) is 6.20 Å². The van der Waals surface area contributed by atoms with Gasteiger partial charge in [-0.1, -0.05) is 6.92 Å². The van der Waals surface area contributed by atoms with Gasteiger partial charge in [0.05, 0.1) is 22.5 Å². The van der Waals surface area contributed by atoms with Gasteiger partial charge in [0.2, 0.25) is 0 Å². The summed E-state index contributed by atoms with van der Waals surface area (Å²) in [6.45, 7) is 5.33. The van der Waals surface area contributed by atoms with Crippen LogP contribution in [-0.4, -0.2) is 15.9 Å². The highest BCUT2D eigenvalue weighted by atomic mass is 79.9. The fraction of sp³-hybridized carbons (Fsp3) is 0.727. The first-order valence-corrected chi connectivity index (χ1v) is 6.36. The molecule has 1 aromatic rings. The molecular formula is C11H15BrN2O. The third kappa shape index (κ3) is 1.24. The Morgan fingerprint density at radius 1 is 1.73 bits per heavy atom. The number of hydrogen-bond acceptors (Lipinski definition) is 2. The number of rotatable bonds is 2. The molecule has 82 valence electrons. The zero-order valence-corrected chi connectivity index (χ0v) is 10.6. The Kier molecular flexibility index (Phi) is 2.02. The highest BCUT2D eigenvalue weighted by Gasteiger charge is 2.64.